The lowest BCUT2D eigenvalue weighted by molar-refractivity contribution is -0.143. The molecule has 0 aromatic heterocycles. The maximum absolute atomic E-state index is 12.6. The zero-order chi connectivity index (χ0) is 67.0. The molecule has 6 heteroatoms. The van der Waals surface area contributed by atoms with Crippen LogP contribution < -0.4 is 5.32 Å². The zero-order valence-electron chi connectivity index (χ0n) is 63.3. The molecule has 550 valence electrons. The van der Waals surface area contributed by atoms with E-state index in [4.69, 9.17) is 4.74 Å². The van der Waals surface area contributed by atoms with Gasteiger partial charge in [-0.1, -0.05) is 423 Å². The predicted octanol–water partition coefficient (Wildman–Crippen LogP) is 28.6. The van der Waals surface area contributed by atoms with Crippen molar-refractivity contribution >= 4 is 11.9 Å². The Hall–Kier alpha value is -1.92. The number of allylic oxidation sites excluding steroid dienone is 5. The SMILES string of the molecule is CCCCCCCC/C=C\CCCCCCCC(=O)OCCCCCCCCCCCCCCCCCCCC/C=C\CCCCCCCCCCCCCCCCCCCC(=O)NC(CO)C(O)/C=C/CCCCCCCCCCCCCCCCCCCCCC. The molecule has 3 N–H and O–H groups in total. The van der Waals surface area contributed by atoms with E-state index in [9.17, 15) is 19.8 Å². The minimum atomic E-state index is -0.843. The normalized spacial score (nSPS) is 12.6. The van der Waals surface area contributed by atoms with Gasteiger partial charge in [-0.05, 0) is 83.5 Å². The molecule has 0 aromatic carbocycles. The number of aliphatic hydroxyl groups is 2. The first-order chi connectivity index (χ1) is 46.0. The molecule has 0 spiro atoms. The van der Waals surface area contributed by atoms with Crippen LogP contribution in [0.5, 0.6) is 0 Å². The van der Waals surface area contributed by atoms with Crippen LogP contribution in [0.4, 0.5) is 0 Å². The average molecular weight is 1310 g/mol. The maximum atomic E-state index is 12.6. The first-order valence-corrected chi connectivity index (χ1v) is 42.8. The van der Waals surface area contributed by atoms with Crippen LogP contribution in [0.15, 0.2) is 36.5 Å². The second-order valence-corrected chi connectivity index (χ2v) is 29.5. The minimum Gasteiger partial charge on any atom is -0.466 e. The molecule has 0 fully saturated rings. The molecule has 0 radical (unpaired) electrons. The third-order valence-electron chi connectivity index (χ3n) is 20.1. The summed E-state index contributed by atoms with van der Waals surface area (Å²) >= 11 is 0. The number of rotatable bonds is 81. The molecule has 0 bridgehead atoms. The summed E-state index contributed by atoms with van der Waals surface area (Å²) in [6.45, 7) is 4.95. The maximum Gasteiger partial charge on any atom is 0.305 e. The van der Waals surface area contributed by atoms with Crippen molar-refractivity contribution in [2.75, 3.05) is 13.2 Å². The second-order valence-electron chi connectivity index (χ2n) is 29.5. The third kappa shape index (κ3) is 79.0. The third-order valence-corrected chi connectivity index (χ3v) is 20.1. The minimum absolute atomic E-state index is 0.0152. The summed E-state index contributed by atoms with van der Waals surface area (Å²) in [5.41, 5.74) is 0. The number of unbranched alkanes of at least 4 members (excludes halogenated alkanes) is 66. The molecule has 0 aliphatic heterocycles. The summed E-state index contributed by atoms with van der Waals surface area (Å²) < 4.78 is 5.50. The lowest BCUT2D eigenvalue weighted by Gasteiger charge is -2.20. The number of carbonyl (C=O) groups excluding carboxylic acids is 2. The monoisotopic (exact) mass is 1310 g/mol. The van der Waals surface area contributed by atoms with Crippen molar-refractivity contribution in [2.24, 2.45) is 0 Å². The Bertz CT molecular complexity index is 1510. The highest BCUT2D eigenvalue weighted by Crippen LogP contribution is 2.20. The molecular formula is C87H167NO5. The van der Waals surface area contributed by atoms with E-state index in [0.717, 1.165) is 44.9 Å². The summed E-state index contributed by atoms with van der Waals surface area (Å²) in [7, 11) is 0. The topological polar surface area (TPSA) is 95.9 Å². The second kappa shape index (κ2) is 82.5. The van der Waals surface area contributed by atoms with E-state index in [2.05, 4.69) is 43.5 Å². The van der Waals surface area contributed by atoms with Crippen molar-refractivity contribution in [3.8, 4) is 0 Å². The van der Waals surface area contributed by atoms with E-state index in [1.54, 1.807) is 6.08 Å². The molecule has 0 aromatic rings. The van der Waals surface area contributed by atoms with Gasteiger partial charge in [0.15, 0.2) is 0 Å². The van der Waals surface area contributed by atoms with Gasteiger partial charge in [-0.25, -0.2) is 0 Å². The number of amides is 1. The van der Waals surface area contributed by atoms with Crippen LogP contribution in [0.3, 0.4) is 0 Å². The average Bonchev–Trinajstić information content (AvgIpc) is 3.78. The van der Waals surface area contributed by atoms with E-state index in [-0.39, 0.29) is 18.5 Å². The quantitative estimate of drug-likeness (QED) is 0.0320. The van der Waals surface area contributed by atoms with Crippen LogP contribution in [0.1, 0.15) is 483 Å². The number of esters is 1. The molecule has 0 saturated heterocycles. The zero-order valence-corrected chi connectivity index (χ0v) is 63.3. The first kappa shape index (κ1) is 91.1. The molecule has 0 heterocycles. The molecule has 2 unspecified atom stereocenters. The Morgan fingerprint density at radius 2 is 0.505 bits per heavy atom. The summed E-state index contributed by atoms with van der Waals surface area (Å²) in [4.78, 5) is 24.6. The molecule has 2 atom stereocenters. The van der Waals surface area contributed by atoms with Gasteiger partial charge in [0.25, 0.3) is 0 Å². The number of carbonyl (C=O) groups is 2. The van der Waals surface area contributed by atoms with Gasteiger partial charge in [0.1, 0.15) is 0 Å². The number of hydrogen-bond acceptors (Lipinski definition) is 5. The molecule has 0 aliphatic rings. The van der Waals surface area contributed by atoms with Crippen LogP contribution in [-0.4, -0.2) is 47.4 Å². The molecule has 6 nitrogen and oxygen atoms in total. The van der Waals surface area contributed by atoms with Crippen molar-refractivity contribution in [1.29, 1.82) is 0 Å². The van der Waals surface area contributed by atoms with Crippen molar-refractivity contribution in [3.63, 3.8) is 0 Å². The van der Waals surface area contributed by atoms with Crippen molar-refractivity contribution in [3.05, 3.63) is 36.5 Å². The Balaban J connectivity index is 3.35. The molecule has 0 saturated carbocycles. The molecule has 0 rings (SSSR count). The van der Waals surface area contributed by atoms with Crippen LogP contribution in [0.2, 0.25) is 0 Å². The highest BCUT2D eigenvalue weighted by molar-refractivity contribution is 5.76. The van der Waals surface area contributed by atoms with Crippen molar-refractivity contribution < 1.29 is 24.5 Å². The van der Waals surface area contributed by atoms with Gasteiger partial charge in [0, 0.05) is 12.8 Å². The van der Waals surface area contributed by atoms with Crippen molar-refractivity contribution in [1.82, 2.24) is 5.32 Å². The molecule has 0 aliphatic carbocycles. The lowest BCUT2D eigenvalue weighted by Crippen LogP contribution is -2.45. The van der Waals surface area contributed by atoms with Gasteiger partial charge in [-0.15, -0.1) is 0 Å². The Labute approximate surface area is 583 Å². The van der Waals surface area contributed by atoms with E-state index in [1.165, 1.54) is 411 Å². The van der Waals surface area contributed by atoms with E-state index >= 15 is 0 Å². The fraction of sp³-hybridized carbons (Fsp3) is 0.908. The van der Waals surface area contributed by atoms with Crippen LogP contribution >= 0.6 is 0 Å². The van der Waals surface area contributed by atoms with Crippen molar-refractivity contribution in [2.45, 2.75) is 495 Å². The smallest absolute Gasteiger partial charge is 0.305 e. The van der Waals surface area contributed by atoms with Gasteiger partial charge in [0.2, 0.25) is 5.91 Å². The summed E-state index contributed by atoms with van der Waals surface area (Å²) in [6.07, 6.45) is 109. The number of nitrogens with one attached hydrogen (secondary N) is 1. The molecule has 93 heavy (non-hydrogen) atoms. The van der Waals surface area contributed by atoms with E-state index < -0.39 is 12.1 Å². The summed E-state index contributed by atoms with van der Waals surface area (Å²) in [5.74, 6) is -0.0434. The fourth-order valence-corrected chi connectivity index (χ4v) is 13.6. The molecule has 1 amide bonds. The summed E-state index contributed by atoms with van der Waals surface area (Å²) in [6, 6.07) is -0.626. The van der Waals surface area contributed by atoms with Gasteiger partial charge in [0.05, 0.1) is 25.4 Å². The Morgan fingerprint density at radius 3 is 0.763 bits per heavy atom. The van der Waals surface area contributed by atoms with Crippen LogP contribution in [0.25, 0.3) is 0 Å². The van der Waals surface area contributed by atoms with Crippen LogP contribution in [0, 0.1) is 0 Å². The fourth-order valence-electron chi connectivity index (χ4n) is 13.6. The Morgan fingerprint density at radius 1 is 0.290 bits per heavy atom. The van der Waals surface area contributed by atoms with Gasteiger partial charge in [-0.3, -0.25) is 9.59 Å². The predicted molar refractivity (Wildman–Crippen MR) is 412 cm³/mol. The standard InChI is InChI=1S/C87H167NO5/c1-3-5-7-9-11-13-15-17-19-20-21-22-42-45-48-52-55-59-63-67-71-75-79-85(90)84(83-89)88-86(91)80-76-72-68-64-60-56-53-49-46-43-40-38-36-34-32-30-28-26-24-23-25-27-29-31-33-35-37-39-41-44-47-50-54-58-62-66-70-74-78-82-93-87(92)81-77-73-69-65-61-57-51-18-16-14-12-10-8-6-4-2/h18,23-24,51,75,79,84-85,89-90H,3-17,19-22,25-50,52-74,76-78,80-83H2,1-2H3,(H,88,91)/b24-23-,51-18-,79-75+. The summed E-state index contributed by atoms with van der Waals surface area (Å²) in [5, 5.41) is 23.3. The number of ether oxygens (including phenoxy) is 1. The van der Waals surface area contributed by atoms with Gasteiger partial charge < -0.3 is 20.3 Å². The Kier molecular flexibility index (Phi) is 80.8. The van der Waals surface area contributed by atoms with Crippen LogP contribution in [-0.2, 0) is 14.3 Å². The number of aliphatic hydroxyl groups excluding tert-OH is 2. The number of hydrogen-bond donors (Lipinski definition) is 3. The largest absolute Gasteiger partial charge is 0.466 e. The van der Waals surface area contributed by atoms with E-state index in [1.807, 2.05) is 6.08 Å². The van der Waals surface area contributed by atoms with Gasteiger partial charge >= 0.3 is 5.97 Å². The lowest BCUT2D eigenvalue weighted by atomic mass is 10.0. The van der Waals surface area contributed by atoms with E-state index in [0.29, 0.717) is 19.4 Å². The highest BCUT2D eigenvalue weighted by atomic mass is 16.5. The molecular weight excluding hydrogens is 1140 g/mol. The van der Waals surface area contributed by atoms with Gasteiger partial charge in [-0.2, -0.15) is 0 Å². The highest BCUT2D eigenvalue weighted by Gasteiger charge is 2.18. The first-order valence-electron chi connectivity index (χ1n) is 42.8.